The van der Waals surface area contributed by atoms with Crippen molar-refractivity contribution < 1.29 is 13.6 Å². The lowest BCUT2D eigenvalue weighted by Crippen LogP contribution is -2.56. The van der Waals surface area contributed by atoms with E-state index in [2.05, 4.69) is 0 Å². The first-order valence-electron chi connectivity index (χ1n) is 3.52. The van der Waals surface area contributed by atoms with Gasteiger partial charge in [-0.2, -0.15) is 0 Å². The monoisotopic (exact) mass is 192 g/mol. The van der Waals surface area contributed by atoms with Gasteiger partial charge in [-0.05, 0) is 12.8 Å². The van der Waals surface area contributed by atoms with E-state index in [1.807, 2.05) is 0 Å². The molecule has 1 aliphatic heterocycles. The van der Waals surface area contributed by atoms with Crippen molar-refractivity contribution in [2.45, 2.75) is 18.9 Å². The van der Waals surface area contributed by atoms with E-state index in [-0.39, 0.29) is 12.7 Å². The van der Waals surface area contributed by atoms with Gasteiger partial charge in [0.25, 0.3) is 0 Å². The van der Waals surface area contributed by atoms with Gasteiger partial charge in [0.1, 0.15) is 6.04 Å². The first kappa shape index (κ1) is 9.07. The van der Waals surface area contributed by atoms with Crippen LogP contribution in [-0.4, -0.2) is 24.4 Å². The molecule has 1 saturated heterocycles. The lowest BCUT2D eigenvalue weighted by Gasteiger charge is -2.15. The van der Waals surface area contributed by atoms with Gasteiger partial charge in [-0.3, -0.25) is 20.2 Å². The molecule has 1 rings (SSSR count). The molecule has 1 aliphatic rings. The molecule has 0 aromatic heterocycles. The smallest absolute Gasteiger partial charge is 0.303 e. The maximum Gasteiger partial charge on any atom is 0.960 e. The van der Waals surface area contributed by atoms with Crippen LogP contribution in [0, 0.1) is 20.2 Å². The zero-order valence-electron chi connectivity index (χ0n) is 6.26. The molecular weight excluding hydrogens is 184 g/mol. The molecule has 0 aromatic rings. The third kappa shape index (κ3) is 1.30. The van der Waals surface area contributed by atoms with Crippen molar-refractivity contribution in [2.24, 2.45) is 0 Å². The Morgan fingerprint density at radius 3 is 2.00 bits per heavy atom. The molecule has 7 nitrogen and oxygen atoms in total. The van der Waals surface area contributed by atoms with Crippen molar-refractivity contribution in [3.05, 3.63) is 20.2 Å². The molecule has 0 saturated carbocycles. The Balaban J connectivity index is 2.84. The van der Waals surface area contributed by atoms with E-state index in [1.54, 1.807) is 0 Å². The first-order chi connectivity index (χ1) is 5.59. The quantitative estimate of drug-likeness (QED) is 0.356. The largest absolute Gasteiger partial charge is 0.960 e. The van der Waals surface area contributed by atoms with E-state index in [9.17, 15) is 20.2 Å². The van der Waals surface area contributed by atoms with Gasteiger partial charge in [0.15, 0.2) is 0 Å². The third-order valence-electron chi connectivity index (χ3n) is 1.80. The van der Waals surface area contributed by atoms with Gasteiger partial charge >= 0.3 is 8.64 Å². The minimum Gasteiger partial charge on any atom is -0.303 e. The average Bonchev–Trinajstić information content (AvgIpc) is 2.05. The predicted octanol–water partition coefficient (Wildman–Crippen LogP) is 0.289. The van der Waals surface area contributed by atoms with Crippen LogP contribution in [0.25, 0.3) is 0 Å². The Hall–Kier alpha value is -1.02. The maximum atomic E-state index is 10.4. The molecule has 12 heavy (non-hydrogen) atoms. The zero-order chi connectivity index (χ0) is 9.19. The van der Waals surface area contributed by atoms with E-state index >= 15 is 0 Å². The van der Waals surface area contributed by atoms with Crippen LogP contribution in [-0.2, 0) is 4.43 Å². The van der Waals surface area contributed by atoms with Gasteiger partial charge < -0.3 is 4.43 Å². The van der Waals surface area contributed by atoms with Gasteiger partial charge in [0, 0.05) is 15.8 Å². The highest BCUT2D eigenvalue weighted by atomic mass is 28.4. The molecule has 0 N–H and O–H groups in total. The molecule has 0 amide bonds. The Morgan fingerprint density at radius 1 is 1.17 bits per heavy atom. The minimum absolute atomic E-state index is 0.00694. The van der Waals surface area contributed by atoms with Crippen LogP contribution in [0.1, 0.15) is 12.8 Å². The number of hydrogen-bond acceptors (Lipinski definition) is 5. The van der Waals surface area contributed by atoms with Gasteiger partial charge in [-0.15, -0.1) is 0 Å². The molecule has 0 bridgehead atoms. The van der Waals surface area contributed by atoms with Crippen molar-refractivity contribution in [3.8, 4) is 0 Å². The second-order valence-corrected chi connectivity index (χ2v) is 5.57. The van der Waals surface area contributed by atoms with Crippen LogP contribution >= 0.6 is 0 Å². The molecule has 1 fully saturated rings. The summed E-state index contributed by atoms with van der Waals surface area (Å²) < 4.78 is 3.07. The fraction of sp³-hybridized carbons (Fsp3) is 1.00. The summed E-state index contributed by atoms with van der Waals surface area (Å²) in [6.45, 7) is 0.147. The summed E-state index contributed by atoms with van der Waals surface area (Å²) >= 11 is 0. The minimum atomic E-state index is -3.89. The standard InChI is InChI=1S/C4H8N2O5Si/c7-5(8)12(6(9)10)4-2-1-3-11-12/h1-4H2. The lowest BCUT2D eigenvalue weighted by molar-refractivity contribution is -0.517. The predicted molar refractivity (Wildman–Crippen MR) is 39.7 cm³/mol. The first-order valence-corrected chi connectivity index (χ1v) is 5.53. The van der Waals surface area contributed by atoms with E-state index < -0.39 is 17.8 Å². The second kappa shape index (κ2) is 3.15. The Kier molecular flexibility index (Phi) is 2.38. The fourth-order valence-electron chi connectivity index (χ4n) is 1.12. The van der Waals surface area contributed by atoms with Gasteiger partial charge in [0.05, 0.1) is 0 Å². The van der Waals surface area contributed by atoms with Crippen LogP contribution < -0.4 is 0 Å². The SMILES string of the molecule is O=[N+]([O-])[Si]1([N+](=O)[O-])CCCCO1. The van der Waals surface area contributed by atoms with Crippen molar-refractivity contribution in [3.63, 3.8) is 0 Å². The third-order valence-corrected chi connectivity index (χ3v) is 4.61. The van der Waals surface area contributed by atoms with Crippen LogP contribution in [0.2, 0.25) is 6.04 Å². The fourth-order valence-corrected chi connectivity index (χ4v) is 3.16. The summed E-state index contributed by atoms with van der Waals surface area (Å²) in [4.78, 5) is 20.8. The number of hydrogen-bond donors (Lipinski definition) is 0. The number of nitrogens with zero attached hydrogens (tertiary/aromatic N) is 2. The van der Waals surface area contributed by atoms with Gasteiger partial charge in [0.2, 0.25) is 0 Å². The van der Waals surface area contributed by atoms with E-state index in [4.69, 9.17) is 4.43 Å². The van der Waals surface area contributed by atoms with Crippen LogP contribution in [0.5, 0.6) is 0 Å². The molecule has 0 unspecified atom stereocenters. The molecule has 0 atom stereocenters. The van der Waals surface area contributed by atoms with Crippen molar-refractivity contribution in [2.75, 3.05) is 6.61 Å². The molecule has 0 spiro atoms. The summed E-state index contributed by atoms with van der Waals surface area (Å²) in [5, 5.41) is 20.8. The number of nitro groups is 2. The van der Waals surface area contributed by atoms with E-state index in [0.29, 0.717) is 12.8 Å². The van der Waals surface area contributed by atoms with E-state index in [0.717, 1.165) is 0 Å². The molecule has 8 heteroatoms. The summed E-state index contributed by atoms with van der Waals surface area (Å²) in [6.07, 6.45) is 1.20. The van der Waals surface area contributed by atoms with Crippen molar-refractivity contribution >= 4 is 8.64 Å². The topological polar surface area (TPSA) is 95.5 Å². The number of rotatable bonds is 2. The van der Waals surface area contributed by atoms with Crippen LogP contribution in [0.15, 0.2) is 0 Å². The second-order valence-electron chi connectivity index (χ2n) is 2.56. The molecule has 0 radical (unpaired) electrons. The maximum absolute atomic E-state index is 10.4. The Labute approximate surface area is 68.9 Å². The van der Waals surface area contributed by atoms with Crippen molar-refractivity contribution in [1.29, 1.82) is 0 Å². The summed E-state index contributed by atoms with van der Waals surface area (Å²) in [7, 11) is -3.89. The Morgan fingerprint density at radius 2 is 1.75 bits per heavy atom. The van der Waals surface area contributed by atoms with E-state index in [1.165, 1.54) is 0 Å². The molecular formula is C4H8N2O5Si. The van der Waals surface area contributed by atoms with Crippen molar-refractivity contribution in [1.82, 2.24) is 0 Å². The normalized spacial score (nSPS) is 21.7. The lowest BCUT2D eigenvalue weighted by atomic mass is 10.4. The Bertz CT molecular complexity index is 197. The summed E-state index contributed by atoms with van der Waals surface area (Å²) in [5.74, 6) is 0. The van der Waals surface area contributed by atoms with Gasteiger partial charge in [-0.1, -0.05) is 0 Å². The highest BCUT2D eigenvalue weighted by Crippen LogP contribution is 2.22. The summed E-state index contributed by atoms with van der Waals surface area (Å²) in [5.41, 5.74) is 0. The average molecular weight is 192 g/mol. The molecule has 0 aliphatic carbocycles. The molecule has 0 aromatic carbocycles. The summed E-state index contributed by atoms with van der Waals surface area (Å²) in [6, 6.07) is -0.00694. The highest BCUT2D eigenvalue weighted by molar-refractivity contribution is 6.57. The van der Waals surface area contributed by atoms with Crippen LogP contribution in [0.4, 0.5) is 0 Å². The molecule has 68 valence electrons. The van der Waals surface area contributed by atoms with Crippen LogP contribution in [0.3, 0.4) is 0 Å². The zero-order valence-corrected chi connectivity index (χ0v) is 7.26. The molecule has 1 heterocycles. The van der Waals surface area contributed by atoms with Gasteiger partial charge in [-0.25, -0.2) is 0 Å². The highest BCUT2D eigenvalue weighted by Gasteiger charge is 2.74.